The van der Waals surface area contributed by atoms with Gasteiger partial charge >= 0.3 is 0 Å². The largest absolute Gasteiger partial charge is 0.355 e. The van der Waals surface area contributed by atoms with Gasteiger partial charge in [0.2, 0.25) is 5.91 Å². The van der Waals surface area contributed by atoms with Gasteiger partial charge in [-0.1, -0.05) is 30.6 Å². The Hall–Kier alpha value is -1.79. The SMILES string of the molecule is CCC(=O)N[C@H]1CC[C@H](CCN(CC)CCN(C)c2noc3cc(Cl)ccc23)CC1. The molecule has 0 aliphatic heterocycles. The van der Waals surface area contributed by atoms with Crippen LogP contribution in [0, 0.1) is 5.92 Å². The summed E-state index contributed by atoms with van der Waals surface area (Å²) in [6, 6.07) is 6.04. The van der Waals surface area contributed by atoms with Crippen molar-refractivity contribution in [1.29, 1.82) is 0 Å². The average Bonchev–Trinajstić information content (AvgIpc) is 3.17. The lowest BCUT2D eigenvalue weighted by Crippen LogP contribution is -2.38. The molecule has 0 atom stereocenters. The van der Waals surface area contributed by atoms with Crippen LogP contribution in [0.25, 0.3) is 11.0 Å². The Kier molecular flexibility index (Phi) is 8.40. The third-order valence-corrected chi connectivity index (χ3v) is 6.60. The van der Waals surface area contributed by atoms with E-state index in [1.807, 2.05) is 25.1 Å². The second-order valence-corrected chi connectivity index (χ2v) is 8.87. The number of nitrogens with one attached hydrogen (secondary N) is 1. The second kappa shape index (κ2) is 11.0. The van der Waals surface area contributed by atoms with E-state index in [1.54, 1.807) is 0 Å². The van der Waals surface area contributed by atoms with Crippen molar-refractivity contribution in [2.45, 2.75) is 58.4 Å². The van der Waals surface area contributed by atoms with E-state index in [-0.39, 0.29) is 5.91 Å². The first kappa shape index (κ1) is 22.9. The van der Waals surface area contributed by atoms with Crippen LogP contribution in [0.1, 0.15) is 52.4 Å². The van der Waals surface area contributed by atoms with Crippen molar-refractivity contribution < 1.29 is 9.32 Å². The fourth-order valence-corrected chi connectivity index (χ4v) is 4.45. The lowest BCUT2D eigenvalue weighted by Gasteiger charge is -2.31. The van der Waals surface area contributed by atoms with E-state index in [1.165, 1.54) is 19.3 Å². The number of amides is 1. The first-order valence-corrected chi connectivity index (χ1v) is 11.7. The molecule has 1 N–H and O–H groups in total. The van der Waals surface area contributed by atoms with Gasteiger partial charge in [0.15, 0.2) is 11.4 Å². The Balaban J connectivity index is 1.42. The molecule has 6 nitrogen and oxygen atoms in total. The maximum atomic E-state index is 11.6. The Morgan fingerprint density at radius 1 is 1.20 bits per heavy atom. The number of hydrogen-bond acceptors (Lipinski definition) is 5. The monoisotopic (exact) mass is 434 g/mol. The van der Waals surface area contributed by atoms with Crippen molar-refractivity contribution in [1.82, 2.24) is 15.4 Å². The predicted octanol–water partition coefficient (Wildman–Crippen LogP) is 4.71. The topological polar surface area (TPSA) is 61.6 Å². The number of fused-ring (bicyclic) bond motifs is 1. The molecule has 1 aliphatic carbocycles. The summed E-state index contributed by atoms with van der Waals surface area (Å²) >= 11 is 6.04. The van der Waals surface area contributed by atoms with Crippen LogP contribution in [0.2, 0.25) is 5.02 Å². The van der Waals surface area contributed by atoms with Gasteiger partial charge in [-0.25, -0.2) is 0 Å². The number of rotatable bonds is 10. The van der Waals surface area contributed by atoms with Gasteiger partial charge in [-0.15, -0.1) is 0 Å². The summed E-state index contributed by atoms with van der Waals surface area (Å²) in [5, 5.41) is 9.04. The van der Waals surface area contributed by atoms with E-state index in [2.05, 4.69) is 34.2 Å². The number of aromatic nitrogens is 1. The average molecular weight is 435 g/mol. The molecule has 0 unspecified atom stereocenters. The van der Waals surface area contributed by atoms with Gasteiger partial charge in [0.05, 0.1) is 5.39 Å². The zero-order valence-corrected chi connectivity index (χ0v) is 19.2. The minimum Gasteiger partial charge on any atom is -0.355 e. The standard InChI is InChI=1S/C23H35ClN4O2/c1-4-22(29)25-19-9-6-17(7-10-19)12-13-28(5-2)15-14-27(3)23-20-11-8-18(24)16-21(20)30-26-23/h8,11,16-17,19H,4-7,9-10,12-15H2,1-3H3,(H,25,29)/t17-,19-. The predicted molar refractivity (Wildman–Crippen MR) is 123 cm³/mol. The molecule has 0 bridgehead atoms. The van der Waals surface area contributed by atoms with Gasteiger partial charge < -0.3 is 19.6 Å². The van der Waals surface area contributed by atoms with E-state index in [0.29, 0.717) is 17.5 Å². The van der Waals surface area contributed by atoms with Crippen LogP contribution >= 0.6 is 11.6 Å². The zero-order chi connectivity index (χ0) is 21.5. The molecule has 30 heavy (non-hydrogen) atoms. The fourth-order valence-electron chi connectivity index (χ4n) is 4.29. The minimum atomic E-state index is 0.183. The van der Waals surface area contributed by atoms with Crippen LogP contribution < -0.4 is 10.2 Å². The van der Waals surface area contributed by atoms with Crippen LogP contribution in [-0.4, -0.2) is 55.2 Å². The molecule has 1 amide bonds. The molecule has 1 fully saturated rings. The van der Waals surface area contributed by atoms with E-state index >= 15 is 0 Å². The summed E-state index contributed by atoms with van der Waals surface area (Å²) in [6.45, 7) is 8.20. The molecule has 1 aliphatic rings. The molecular weight excluding hydrogens is 400 g/mol. The molecule has 2 aromatic rings. The molecule has 0 spiro atoms. The van der Waals surface area contributed by atoms with E-state index < -0.39 is 0 Å². The number of carbonyl (C=O) groups is 1. The highest BCUT2D eigenvalue weighted by atomic mass is 35.5. The summed E-state index contributed by atoms with van der Waals surface area (Å²) in [4.78, 5) is 16.2. The smallest absolute Gasteiger partial charge is 0.219 e. The molecule has 3 rings (SSSR count). The van der Waals surface area contributed by atoms with E-state index in [0.717, 1.165) is 61.7 Å². The van der Waals surface area contributed by atoms with Crippen LogP contribution in [0.5, 0.6) is 0 Å². The van der Waals surface area contributed by atoms with Crippen molar-refractivity contribution in [3.8, 4) is 0 Å². The number of benzene rings is 1. The third kappa shape index (κ3) is 6.11. The Bertz CT molecular complexity index is 817. The lowest BCUT2D eigenvalue weighted by atomic mass is 9.84. The molecule has 1 saturated carbocycles. The molecule has 0 radical (unpaired) electrons. The number of anilines is 1. The van der Waals surface area contributed by atoms with Crippen LogP contribution in [0.15, 0.2) is 22.7 Å². The second-order valence-electron chi connectivity index (χ2n) is 8.43. The third-order valence-electron chi connectivity index (χ3n) is 6.36. The van der Waals surface area contributed by atoms with Crippen molar-refractivity contribution in [2.75, 3.05) is 38.1 Å². The summed E-state index contributed by atoms with van der Waals surface area (Å²) in [5.41, 5.74) is 0.724. The van der Waals surface area contributed by atoms with Gasteiger partial charge in [-0.05, 0) is 63.2 Å². The minimum absolute atomic E-state index is 0.183. The maximum Gasteiger partial charge on any atom is 0.219 e. The summed E-state index contributed by atoms with van der Waals surface area (Å²) in [6.07, 6.45) is 6.50. The first-order valence-electron chi connectivity index (χ1n) is 11.3. The summed E-state index contributed by atoms with van der Waals surface area (Å²) in [7, 11) is 2.06. The number of hydrogen-bond donors (Lipinski definition) is 1. The van der Waals surface area contributed by atoms with Crippen LogP contribution in [0.4, 0.5) is 5.82 Å². The van der Waals surface area contributed by atoms with Crippen molar-refractivity contribution in [3.63, 3.8) is 0 Å². The normalized spacial score (nSPS) is 19.4. The highest BCUT2D eigenvalue weighted by Crippen LogP contribution is 2.28. The molecular formula is C23H35ClN4O2. The van der Waals surface area contributed by atoms with E-state index in [4.69, 9.17) is 16.1 Å². The van der Waals surface area contributed by atoms with Gasteiger partial charge in [-0.3, -0.25) is 4.79 Å². The number of halogens is 1. The van der Waals surface area contributed by atoms with Crippen LogP contribution in [0.3, 0.4) is 0 Å². The number of carbonyl (C=O) groups excluding carboxylic acids is 1. The summed E-state index contributed by atoms with van der Waals surface area (Å²) in [5.74, 6) is 1.82. The van der Waals surface area contributed by atoms with Crippen LogP contribution in [-0.2, 0) is 4.79 Å². The first-order chi connectivity index (χ1) is 14.5. The molecule has 1 aromatic carbocycles. The number of likely N-dealkylation sites (N-methyl/N-ethyl adjacent to an activating group) is 2. The maximum absolute atomic E-state index is 11.6. The highest BCUT2D eigenvalue weighted by molar-refractivity contribution is 6.31. The van der Waals surface area contributed by atoms with Crippen molar-refractivity contribution >= 4 is 34.3 Å². The van der Waals surface area contributed by atoms with Gasteiger partial charge in [0.1, 0.15) is 0 Å². The molecule has 7 heteroatoms. The summed E-state index contributed by atoms with van der Waals surface area (Å²) < 4.78 is 5.43. The van der Waals surface area contributed by atoms with E-state index in [9.17, 15) is 4.79 Å². The molecule has 1 aromatic heterocycles. The molecule has 1 heterocycles. The lowest BCUT2D eigenvalue weighted by molar-refractivity contribution is -0.121. The Morgan fingerprint density at radius 3 is 2.67 bits per heavy atom. The zero-order valence-electron chi connectivity index (χ0n) is 18.5. The fraction of sp³-hybridized carbons (Fsp3) is 0.652. The Morgan fingerprint density at radius 2 is 1.97 bits per heavy atom. The van der Waals surface area contributed by atoms with Gasteiger partial charge in [-0.2, -0.15) is 0 Å². The van der Waals surface area contributed by atoms with Gasteiger partial charge in [0, 0.05) is 43.7 Å². The highest BCUT2D eigenvalue weighted by Gasteiger charge is 2.22. The Labute approximate surface area is 184 Å². The molecule has 0 saturated heterocycles. The quantitative estimate of drug-likeness (QED) is 0.586. The van der Waals surface area contributed by atoms with Crippen molar-refractivity contribution in [2.24, 2.45) is 5.92 Å². The van der Waals surface area contributed by atoms with Crippen molar-refractivity contribution in [3.05, 3.63) is 23.2 Å². The van der Waals surface area contributed by atoms with Gasteiger partial charge in [0.25, 0.3) is 0 Å². The number of nitrogens with zero attached hydrogens (tertiary/aromatic N) is 3. The molecule has 166 valence electrons.